The molecular weight excluding hydrogens is 364 g/mol. The van der Waals surface area contributed by atoms with E-state index in [1.54, 1.807) is 23.1 Å². The molecule has 0 unspecified atom stereocenters. The first-order valence-corrected chi connectivity index (χ1v) is 9.22. The first-order chi connectivity index (χ1) is 14.0. The molecule has 1 N–H and O–H groups in total. The van der Waals surface area contributed by atoms with Crippen molar-refractivity contribution in [1.29, 1.82) is 0 Å². The number of fused-ring (bicyclic) bond motifs is 1. The van der Waals surface area contributed by atoms with Crippen molar-refractivity contribution >= 4 is 22.7 Å². The fourth-order valence-corrected chi connectivity index (χ4v) is 3.18. The van der Waals surface area contributed by atoms with Gasteiger partial charge in [-0.25, -0.2) is 15.1 Å². The normalized spacial score (nSPS) is 11.6. The van der Waals surface area contributed by atoms with Gasteiger partial charge in [0.2, 0.25) is 0 Å². The van der Waals surface area contributed by atoms with Gasteiger partial charge in [-0.05, 0) is 45.0 Å². The number of nitrogens with one attached hydrogen (secondary N) is 1. The minimum absolute atomic E-state index is 0.306. The zero-order valence-electron chi connectivity index (χ0n) is 16.4. The van der Waals surface area contributed by atoms with Crippen LogP contribution in [0.1, 0.15) is 34.2 Å². The van der Waals surface area contributed by atoms with Gasteiger partial charge in [0.1, 0.15) is 0 Å². The maximum atomic E-state index is 12.9. The van der Waals surface area contributed by atoms with Gasteiger partial charge in [-0.1, -0.05) is 24.3 Å². The van der Waals surface area contributed by atoms with Gasteiger partial charge in [0, 0.05) is 23.7 Å². The number of nitrogens with zero attached hydrogens (tertiary/aromatic N) is 5. The number of rotatable bonds is 4. The van der Waals surface area contributed by atoms with Gasteiger partial charge >= 0.3 is 0 Å². The number of aryl methyl sites for hydroxylation is 2. The summed E-state index contributed by atoms with van der Waals surface area (Å²) in [5, 5.41) is 9.56. The molecule has 0 saturated heterocycles. The van der Waals surface area contributed by atoms with Crippen LogP contribution in [0.2, 0.25) is 0 Å². The van der Waals surface area contributed by atoms with Crippen LogP contribution in [0, 0.1) is 13.8 Å². The molecule has 7 heteroatoms. The summed E-state index contributed by atoms with van der Waals surface area (Å²) >= 11 is 0. The first-order valence-electron chi connectivity index (χ1n) is 9.22. The molecule has 0 saturated carbocycles. The number of hydrogen-bond acceptors (Lipinski definition) is 5. The lowest BCUT2D eigenvalue weighted by Gasteiger charge is -2.07. The molecule has 1 aromatic carbocycles. The van der Waals surface area contributed by atoms with E-state index in [4.69, 9.17) is 0 Å². The summed E-state index contributed by atoms with van der Waals surface area (Å²) in [4.78, 5) is 21.7. The Hall–Kier alpha value is -3.87. The standard InChI is InChI=1S/C22H20N6O/c1-14-12-19(22(29)26-25-15(2)17-8-7-11-23-13-17)20-16(3)27-28(21(20)24-14)18-9-5-4-6-10-18/h4-13H,1-3H3,(H,26,29)/b25-15-. The van der Waals surface area contributed by atoms with Crippen LogP contribution in [0.3, 0.4) is 0 Å². The molecule has 0 spiro atoms. The average Bonchev–Trinajstić information content (AvgIpc) is 3.08. The highest BCUT2D eigenvalue weighted by Gasteiger charge is 2.19. The van der Waals surface area contributed by atoms with Crippen molar-refractivity contribution in [2.45, 2.75) is 20.8 Å². The molecule has 0 aliphatic carbocycles. The molecule has 29 heavy (non-hydrogen) atoms. The zero-order chi connectivity index (χ0) is 20.4. The second-order valence-electron chi connectivity index (χ2n) is 6.72. The predicted molar refractivity (Wildman–Crippen MR) is 112 cm³/mol. The van der Waals surface area contributed by atoms with E-state index < -0.39 is 0 Å². The van der Waals surface area contributed by atoms with E-state index in [0.29, 0.717) is 22.3 Å². The Morgan fingerprint density at radius 3 is 2.62 bits per heavy atom. The Labute approximate surface area is 168 Å². The van der Waals surface area contributed by atoms with Crippen LogP contribution >= 0.6 is 0 Å². The van der Waals surface area contributed by atoms with Gasteiger partial charge in [-0.2, -0.15) is 10.2 Å². The van der Waals surface area contributed by atoms with E-state index in [1.165, 1.54) is 0 Å². The first kappa shape index (κ1) is 18.5. The number of amides is 1. The summed E-state index contributed by atoms with van der Waals surface area (Å²) < 4.78 is 1.76. The maximum absolute atomic E-state index is 12.9. The molecule has 0 radical (unpaired) electrons. The fourth-order valence-electron chi connectivity index (χ4n) is 3.18. The number of hydrazone groups is 1. The largest absolute Gasteiger partial charge is 0.272 e. The molecule has 4 rings (SSSR count). The van der Waals surface area contributed by atoms with E-state index in [-0.39, 0.29) is 5.91 Å². The molecule has 7 nitrogen and oxygen atoms in total. The molecule has 0 atom stereocenters. The van der Waals surface area contributed by atoms with Crippen LogP contribution in [0.5, 0.6) is 0 Å². The predicted octanol–water partition coefficient (Wildman–Crippen LogP) is 3.59. The van der Waals surface area contributed by atoms with Crippen LogP contribution in [0.25, 0.3) is 16.7 Å². The quantitative estimate of drug-likeness (QED) is 0.430. The number of carbonyl (C=O) groups is 1. The second-order valence-corrected chi connectivity index (χ2v) is 6.72. The minimum atomic E-state index is -0.306. The maximum Gasteiger partial charge on any atom is 0.272 e. The molecular formula is C22H20N6O. The molecule has 0 aliphatic rings. The molecule has 0 fully saturated rings. The molecule has 1 amide bonds. The number of carbonyl (C=O) groups excluding carboxylic acids is 1. The summed E-state index contributed by atoms with van der Waals surface area (Å²) in [6.45, 7) is 5.56. The number of aromatic nitrogens is 4. The summed E-state index contributed by atoms with van der Waals surface area (Å²) in [6, 6.07) is 15.2. The van der Waals surface area contributed by atoms with E-state index in [1.807, 2.05) is 63.2 Å². The Morgan fingerprint density at radius 1 is 1.10 bits per heavy atom. The van der Waals surface area contributed by atoms with Gasteiger partial charge < -0.3 is 0 Å². The number of pyridine rings is 2. The van der Waals surface area contributed by atoms with Crippen LogP contribution < -0.4 is 5.43 Å². The second kappa shape index (κ2) is 7.63. The van der Waals surface area contributed by atoms with Crippen molar-refractivity contribution in [3.63, 3.8) is 0 Å². The highest BCUT2D eigenvalue weighted by Crippen LogP contribution is 2.24. The Bertz CT molecular complexity index is 1210. The van der Waals surface area contributed by atoms with Crippen molar-refractivity contribution in [3.8, 4) is 5.69 Å². The highest BCUT2D eigenvalue weighted by atomic mass is 16.2. The molecule has 3 aromatic heterocycles. The molecule has 0 bridgehead atoms. The van der Waals surface area contributed by atoms with Gasteiger partial charge in [0.25, 0.3) is 5.91 Å². The molecule has 4 aromatic rings. The lowest BCUT2D eigenvalue weighted by Crippen LogP contribution is -2.20. The monoisotopic (exact) mass is 384 g/mol. The third-order valence-corrected chi connectivity index (χ3v) is 4.59. The SMILES string of the molecule is C/C(=N/NC(=O)c1cc(C)nc2c1c(C)nn2-c1ccccc1)c1cccnc1. The number of para-hydroxylation sites is 1. The average molecular weight is 384 g/mol. The summed E-state index contributed by atoms with van der Waals surface area (Å²) in [7, 11) is 0. The van der Waals surface area contributed by atoms with E-state index >= 15 is 0 Å². The van der Waals surface area contributed by atoms with Gasteiger partial charge in [-0.3, -0.25) is 9.78 Å². The van der Waals surface area contributed by atoms with E-state index in [0.717, 1.165) is 22.6 Å². The van der Waals surface area contributed by atoms with Gasteiger partial charge in [-0.15, -0.1) is 0 Å². The highest BCUT2D eigenvalue weighted by molar-refractivity contribution is 6.07. The van der Waals surface area contributed by atoms with E-state index in [9.17, 15) is 4.79 Å². The summed E-state index contributed by atoms with van der Waals surface area (Å²) in [5.41, 5.74) is 7.66. The fraction of sp³-hybridized carbons (Fsp3) is 0.136. The summed E-state index contributed by atoms with van der Waals surface area (Å²) in [5.74, 6) is -0.306. The topological polar surface area (TPSA) is 85.1 Å². The lowest BCUT2D eigenvalue weighted by molar-refractivity contribution is 0.0956. The third-order valence-electron chi connectivity index (χ3n) is 4.59. The summed E-state index contributed by atoms with van der Waals surface area (Å²) in [6.07, 6.45) is 3.40. The van der Waals surface area contributed by atoms with Crippen LogP contribution in [0.4, 0.5) is 0 Å². The Kier molecular flexibility index (Phi) is 4.87. The third kappa shape index (κ3) is 3.62. The van der Waals surface area contributed by atoms with Crippen molar-refractivity contribution in [2.75, 3.05) is 0 Å². The molecule has 3 heterocycles. The molecule has 144 valence electrons. The molecule has 0 aliphatic heterocycles. The van der Waals surface area contributed by atoms with Gasteiger partial charge in [0.05, 0.1) is 28.0 Å². The van der Waals surface area contributed by atoms with Crippen LogP contribution in [-0.2, 0) is 0 Å². The zero-order valence-corrected chi connectivity index (χ0v) is 16.4. The Balaban J connectivity index is 1.74. The minimum Gasteiger partial charge on any atom is -0.267 e. The van der Waals surface area contributed by atoms with E-state index in [2.05, 4.69) is 25.6 Å². The van der Waals surface area contributed by atoms with Crippen molar-refractivity contribution in [3.05, 3.63) is 83.4 Å². The van der Waals surface area contributed by atoms with Crippen molar-refractivity contribution in [1.82, 2.24) is 25.2 Å². The van der Waals surface area contributed by atoms with Crippen molar-refractivity contribution in [2.24, 2.45) is 5.10 Å². The van der Waals surface area contributed by atoms with Crippen molar-refractivity contribution < 1.29 is 4.79 Å². The smallest absolute Gasteiger partial charge is 0.267 e. The Morgan fingerprint density at radius 2 is 1.90 bits per heavy atom. The van der Waals surface area contributed by atoms with Gasteiger partial charge in [0.15, 0.2) is 5.65 Å². The van der Waals surface area contributed by atoms with Crippen LogP contribution in [-0.4, -0.2) is 31.4 Å². The lowest BCUT2D eigenvalue weighted by atomic mass is 10.1. The number of benzene rings is 1. The van der Waals surface area contributed by atoms with Crippen LogP contribution in [0.15, 0.2) is 66.0 Å². The number of hydrogen-bond donors (Lipinski definition) is 1.